The summed E-state index contributed by atoms with van der Waals surface area (Å²) in [5.41, 5.74) is 3.55. The maximum Gasteiger partial charge on any atom is 0.417 e. The van der Waals surface area contributed by atoms with Crippen LogP contribution in [0.5, 0.6) is 11.9 Å². The molecule has 0 unspecified atom stereocenters. The van der Waals surface area contributed by atoms with Crippen LogP contribution in [0.2, 0.25) is 0 Å². The lowest BCUT2D eigenvalue weighted by molar-refractivity contribution is -0.137. The normalized spacial score (nSPS) is 27.1. The molecule has 7 rings (SSSR count). The fourth-order valence-corrected chi connectivity index (χ4v) is 8.01. The number of likely N-dealkylation sites (tertiary alicyclic amines) is 1. The third kappa shape index (κ3) is 4.70. The quantitative estimate of drug-likeness (QED) is 0.307. The van der Waals surface area contributed by atoms with Gasteiger partial charge in [-0.25, -0.2) is 9.37 Å². The number of anilines is 2. The van der Waals surface area contributed by atoms with E-state index >= 15 is 4.39 Å². The molecule has 2 N–H and O–H groups in total. The highest BCUT2D eigenvalue weighted by Crippen LogP contribution is 2.49. The van der Waals surface area contributed by atoms with E-state index in [1.165, 1.54) is 13.0 Å². The standard InChI is InChI=1S/C31H36F4N6O3/c1-16-12-17(36)13-18(23(16)31(33,34)35)25-24(32)26-22-27(41(3)19-7-11-42-14-20(19)44-28(22)37-25)39-29(38-26)43-15-30-8-4-6-21(30)40(2)10-5-9-30/h12-13,19-21H,4-11,14-15,36H2,1-3H3/t19-,20-,21+,30+/m0/s1. The number of rotatable bonds is 4. The Morgan fingerprint density at radius 2 is 1.91 bits per heavy atom. The van der Waals surface area contributed by atoms with Gasteiger partial charge in [0.1, 0.15) is 28.5 Å². The van der Waals surface area contributed by atoms with Crippen molar-refractivity contribution in [3.63, 3.8) is 0 Å². The summed E-state index contributed by atoms with van der Waals surface area (Å²) in [6.07, 6.45) is 0.577. The van der Waals surface area contributed by atoms with Gasteiger partial charge in [0.2, 0.25) is 5.88 Å². The van der Waals surface area contributed by atoms with Crippen LogP contribution in [0.4, 0.5) is 29.1 Å². The highest BCUT2D eigenvalue weighted by atomic mass is 19.4. The zero-order valence-electron chi connectivity index (χ0n) is 25.0. The van der Waals surface area contributed by atoms with E-state index in [9.17, 15) is 13.2 Å². The first-order chi connectivity index (χ1) is 21.0. The van der Waals surface area contributed by atoms with Gasteiger partial charge in [-0.2, -0.15) is 23.1 Å². The third-order valence-electron chi connectivity index (χ3n) is 10.0. The van der Waals surface area contributed by atoms with Crippen LogP contribution in [0.1, 0.15) is 49.7 Å². The number of nitrogen functional groups attached to an aromatic ring is 1. The van der Waals surface area contributed by atoms with Gasteiger partial charge in [-0.05, 0) is 70.3 Å². The second-order valence-corrected chi connectivity index (χ2v) is 12.7. The number of nitrogens with two attached hydrogens (primary N) is 1. The average Bonchev–Trinajstić information content (AvgIpc) is 3.37. The molecule has 1 aliphatic carbocycles. The van der Waals surface area contributed by atoms with Crippen LogP contribution < -0.4 is 20.1 Å². The van der Waals surface area contributed by atoms with Crippen LogP contribution in [0, 0.1) is 18.2 Å². The summed E-state index contributed by atoms with van der Waals surface area (Å²) in [7, 11) is 3.98. The molecule has 1 aromatic carbocycles. The van der Waals surface area contributed by atoms with E-state index in [1.54, 1.807) is 0 Å². The fraction of sp³-hybridized carbons (Fsp3) is 0.581. The van der Waals surface area contributed by atoms with E-state index < -0.39 is 34.9 Å². The number of benzene rings is 1. The summed E-state index contributed by atoms with van der Waals surface area (Å²) in [6, 6.07) is 2.46. The van der Waals surface area contributed by atoms with Crippen LogP contribution in [0.25, 0.3) is 22.2 Å². The molecule has 13 heteroatoms. The number of aryl methyl sites for hydroxylation is 1. The Hall–Kier alpha value is -3.45. The molecule has 44 heavy (non-hydrogen) atoms. The molecule has 1 saturated carbocycles. The van der Waals surface area contributed by atoms with Crippen molar-refractivity contribution < 1.29 is 31.8 Å². The Labute approximate surface area is 252 Å². The van der Waals surface area contributed by atoms with Gasteiger partial charge >= 0.3 is 12.2 Å². The van der Waals surface area contributed by atoms with Crippen LogP contribution in [0.15, 0.2) is 12.1 Å². The van der Waals surface area contributed by atoms with Crippen molar-refractivity contribution in [1.82, 2.24) is 19.9 Å². The highest BCUT2D eigenvalue weighted by Gasteiger charge is 2.48. The number of pyridine rings is 1. The number of alkyl halides is 3. The van der Waals surface area contributed by atoms with Gasteiger partial charge < -0.3 is 29.7 Å². The molecule has 3 aliphatic heterocycles. The van der Waals surface area contributed by atoms with Crippen molar-refractivity contribution in [3.05, 3.63) is 29.1 Å². The van der Waals surface area contributed by atoms with E-state index in [2.05, 4.69) is 21.9 Å². The number of fused-ring (bicyclic) bond motifs is 2. The molecule has 0 spiro atoms. The van der Waals surface area contributed by atoms with Crippen LogP contribution >= 0.6 is 0 Å². The van der Waals surface area contributed by atoms with E-state index in [4.69, 9.17) is 24.9 Å². The molecule has 9 nitrogen and oxygen atoms in total. The third-order valence-corrected chi connectivity index (χ3v) is 10.0. The first-order valence-electron chi connectivity index (χ1n) is 15.2. The molecule has 236 valence electrons. The predicted octanol–water partition coefficient (Wildman–Crippen LogP) is 5.37. The number of hydrogen-bond donors (Lipinski definition) is 1. The SMILES string of the molecule is Cc1cc(N)cc(-c2nc3c4c(nc(OC[C@]56CCC[C@H]5N(C)CCC6)nc4c2F)N(C)[C@H]2CCOC[C@@H]2O3)c1C(F)(F)F. The number of piperidine rings is 1. The summed E-state index contributed by atoms with van der Waals surface area (Å²) >= 11 is 0. The first-order valence-corrected chi connectivity index (χ1v) is 15.2. The van der Waals surface area contributed by atoms with E-state index in [1.807, 2.05) is 11.9 Å². The number of aromatic nitrogens is 3. The number of halogens is 4. The Morgan fingerprint density at radius 1 is 1.11 bits per heavy atom. The molecule has 2 aromatic heterocycles. The molecular formula is C31H36F4N6O3. The summed E-state index contributed by atoms with van der Waals surface area (Å²) in [4.78, 5) is 17.9. The van der Waals surface area contributed by atoms with Gasteiger partial charge in [0.25, 0.3) is 0 Å². The Balaban J connectivity index is 1.41. The lowest BCUT2D eigenvalue weighted by Gasteiger charge is -2.44. The summed E-state index contributed by atoms with van der Waals surface area (Å²) in [5.74, 6) is -0.729. The smallest absolute Gasteiger partial charge is 0.417 e. The molecule has 3 fully saturated rings. The number of hydrogen-bond acceptors (Lipinski definition) is 9. The average molecular weight is 617 g/mol. The molecule has 0 bridgehead atoms. The van der Waals surface area contributed by atoms with Gasteiger partial charge in [0.05, 0.1) is 24.8 Å². The fourth-order valence-electron chi connectivity index (χ4n) is 8.01. The Kier molecular flexibility index (Phi) is 7.04. The Bertz CT molecular complexity index is 1620. The zero-order valence-corrected chi connectivity index (χ0v) is 25.0. The largest absolute Gasteiger partial charge is 0.469 e. The van der Waals surface area contributed by atoms with Gasteiger partial charge in [0.15, 0.2) is 5.82 Å². The van der Waals surface area contributed by atoms with Crippen molar-refractivity contribution >= 4 is 22.4 Å². The van der Waals surface area contributed by atoms with Gasteiger partial charge in [0, 0.05) is 36.4 Å². The minimum Gasteiger partial charge on any atom is -0.469 e. The molecule has 4 atom stereocenters. The zero-order chi connectivity index (χ0) is 31.0. The second kappa shape index (κ2) is 10.6. The van der Waals surface area contributed by atoms with Crippen LogP contribution in [0.3, 0.4) is 0 Å². The van der Waals surface area contributed by atoms with E-state index in [0.29, 0.717) is 31.5 Å². The van der Waals surface area contributed by atoms with Crippen LogP contribution in [-0.4, -0.2) is 78.5 Å². The maximum atomic E-state index is 16.7. The van der Waals surface area contributed by atoms with Gasteiger partial charge in [-0.3, -0.25) is 0 Å². The van der Waals surface area contributed by atoms with Crippen molar-refractivity contribution in [2.24, 2.45) is 5.41 Å². The first kappa shape index (κ1) is 29.3. The minimum atomic E-state index is -4.79. The van der Waals surface area contributed by atoms with Gasteiger partial charge in [-0.15, -0.1) is 0 Å². The number of ether oxygens (including phenoxy) is 3. The topological polar surface area (TPSA) is 98.9 Å². The molecular weight excluding hydrogens is 580 g/mol. The second-order valence-electron chi connectivity index (χ2n) is 12.7. The lowest BCUT2D eigenvalue weighted by atomic mass is 9.76. The minimum absolute atomic E-state index is 0.0279. The summed E-state index contributed by atoms with van der Waals surface area (Å²) in [5, 5.41) is 0.180. The highest BCUT2D eigenvalue weighted by molar-refractivity contribution is 5.97. The van der Waals surface area contributed by atoms with Crippen molar-refractivity contribution in [2.45, 2.75) is 69.8 Å². The van der Waals surface area contributed by atoms with Gasteiger partial charge in [-0.1, -0.05) is 6.42 Å². The molecule has 0 amide bonds. The molecule has 2 saturated heterocycles. The number of nitrogens with zero attached hydrogens (tertiary/aromatic N) is 5. The summed E-state index contributed by atoms with van der Waals surface area (Å²) < 4.78 is 78.0. The number of likely N-dealkylation sites (N-methyl/N-ethyl adjacent to an activating group) is 1. The Morgan fingerprint density at radius 3 is 2.70 bits per heavy atom. The van der Waals surface area contributed by atoms with E-state index in [0.717, 1.165) is 44.7 Å². The molecule has 4 aliphatic rings. The van der Waals surface area contributed by atoms with Crippen molar-refractivity contribution in [3.8, 4) is 23.1 Å². The van der Waals surface area contributed by atoms with E-state index in [-0.39, 0.29) is 52.1 Å². The maximum absolute atomic E-state index is 16.7. The predicted molar refractivity (Wildman–Crippen MR) is 156 cm³/mol. The molecule has 3 aromatic rings. The molecule has 5 heterocycles. The lowest BCUT2D eigenvalue weighted by Crippen LogP contribution is -2.50. The van der Waals surface area contributed by atoms with Crippen molar-refractivity contribution in [2.75, 3.05) is 51.1 Å². The molecule has 0 radical (unpaired) electrons. The van der Waals surface area contributed by atoms with Crippen molar-refractivity contribution in [1.29, 1.82) is 0 Å². The van der Waals surface area contributed by atoms with Crippen LogP contribution in [-0.2, 0) is 10.9 Å². The monoisotopic (exact) mass is 616 g/mol. The summed E-state index contributed by atoms with van der Waals surface area (Å²) in [6.45, 7) is 3.42.